The van der Waals surface area contributed by atoms with Crippen LogP contribution in [0.3, 0.4) is 0 Å². The predicted octanol–water partition coefficient (Wildman–Crippen LogP) is 4.13. The van der Waals surface area contributed by atoms with Crippen LogP contribution in [0.15, 0.2) is 60.7 Å². The zero-order chi connectivity index (χ0) is 21.1. The summed E-state index contributed by atoms with van der Waals surface area (Å²) in [4.78, 5) is 24.7. The van der Waals surface area contributed by atoms with Crippen LogP contribution < -0.4 is 20.1 Å². The molecule has 4 rings (SSSR count). The van der Waals surface area contributed by atoms with E-state index in [1.165, 1.54) is 36.4 Å². The average molecular weight is 410 g/mol. The van der Waals surface area contributed by atoms with Crippen LogP contribution in [0.25, 0.3) is 0 Å². The Bertz CT molecular complexity index is 1120. The van der Waals surface area contributed by atoms with Crippen molar-refractivity contribution < 1.29 is 27.8 Å². The predicted molar refractivity (Wildman–Crippen MR) is 106 cm³/mol. The summed E-state index contributed by atoms with van der Waals surface area (Å²) in [6, 6.07) is 14.1. The van der Waals surface area contributed by atoms with Crippen molar-refractivity contribution in [3.8, 4) is 11.5 Å². The molecule has 0 saturated carbocycles. The van der Waals surface area contributed by atoms with Gasteiger partial charge in [0.25, 0.3) is 5.91 Å². The molecule has 3 aromatic rings. The number of amides is 2. The lowest BCUT2D eigenvalue weighted by Gasteiger charge is -2.10. The van der Waals surface area contributed by atoms with Crippen molar-refractivity contribution in [1.82, 2.24) is 0 Å². The maximum absolute atomic E-state index is 14.1. The second-order valence-corrected chi connectivity index (χ2v) is 6.57. The Morgan fingerprint density at radius 2 is 1.63 bits per heavy atom. The highest BCUT2D eigenvalue weighted by molar-refractivity contribution is 6.05. The van der Waals surface area contributed by atoms with Crippen LogP contribution in [-0.4, -0.2) is 18.6 Å². The fraction of sp³-hybridized carbons (Fsp3) is 0.0909. The molecular formula is C22H16F2N2O4. The molecule has 0 aromatic heterocycles. The molecular weight excluding hydrogens is 394 g/mol. The normalized spacial score (nSPS) is 11.8. The number of carbonyl (C=O) groups is 2. The van der Waals surface area contributed by atoms with Crippen LogP contribution in [-0.2, 0) is 11.2 Å². The number of halogens is 2. The Morgan fingerprint density at radius 1 is 0.867 bits per heavy atom. The first kappa shape index (κ1) is 19.4. The third-order valence-electron chi connectivity index (χ3n) is 4.41. The highest BCUT2D eigenvalue weighted by atomic mass is 19.1. The molecule has 0 bridgehead atoms. The van der Waals surface area contributed by atoms with Gasteiger partial charge in [0.2, 0.25) is 12.7 Å². The monoisotopic (exact) mass is 410 g/mol. The fourth-order valence-corrected chi connectivity index (χ4v) is 2.92. The lowest BCUT2D eigenvalue weighted by atomic mass is 10.1. The van der Waals surface area contributed by atoms with Gasteiger partial charge in [-0.15, -0.1) is 0 Å². The number of nitrogens with one attached hydrogen (secondary N) is 2. The van der Waals surface area contributed by atoms with E-state index < -0.39 is 23.4 Å². The molecule has 0 aliphatic carbocycles. The molecule has 0 saturated heterocycles. The third kappa shape index (κ3) is 4.38. The van der Waals surface area contributed by atoms with Gasteiger partial charge in [0.1, 0.15) is 11.6 Å². The molecule has 0 fully saturated rings. The van der Waals surface area contributed by atoms with Crippen molar-refractivity contribution in [3.63, 3.8) is 0 Å². The van der Waals surface area contributed by atoms with Gasteiger partial charge in [-0.3, -0.25) is 9.59 Å². The number of rotatable bonds is 5. The van der Waals surface area contributed by atoms with Crippen molar-refractivity contribution in [2.75, 3.05) is 17.4 Å². The Labute approximate surface area is 170 Å². The minimum absolute atomic E-state index is 0.0481. The van der Waals surface area contributed by atoms with Crippen LogP contribution in [0.2, 0.25) is 0 Å². The Balaban J connectivity index is 1.44. The molecule has 1 aliphatic rings. The molecule has 1 heterocycles. The van der Waals surface area contributed by atoms with E-state index in [1.807, 2.05) is 0 Å². The first-order valence-corrected chi connectivity index (χ1v) is 9.03. The lowest BCUT2D eigenvalue weighted by molar-refractivity contribution is -0.115. The molecule has 3 aromatic carbocycles. The van der Waals surface area contributed by atoms with Crippen molar-refractivity contribution in [2.45, 2.75) is 6.42 Å². The van der Waals surface area contributed by atoms with Crippen molar-refractivity contribution in [2.24, 2.45) is 0 Å². The second-order valence-electron chi connectivity index (χ2n) is 6.57. The molecule has 30 heavy (non-hydrogen) atoms. The maximum Gasteiger partial charge on any atom is 0.255 e. The van der Waals surface area contributed by atoms with Crippen LogP contribution in [0.4, 0.5) is 20.2 Å². The van der Waals surface area contributed by atoms with Crippen LogP contribution in [0.5, 0.6) is 11.5 Å². The number of hydrogen-bond donors (Lipinski definition) is 2. The summed E-state index contributed by atoms with van der Waals surface area (Å²) in [5.41, 5.74) is 1.15. The summed E-state index contributed by atoms with van der Waals surface area (Å²) in [7, 11) is 0. The summed E-state index contributed by atoms with van der Waals surface area (Å²) < 4.78 is 37.6. The average Bonchev–Trinajstić information content (AvgIpc) is 3.20. The van der Waals surface area contributed by atoms with Gasteiger partial charge in [-0.05, 0) is 54.1 Å². The van der Waals surface area contributed by atoms with Gasteiger partial charge in [0, 0.05) is 11.3 Å². The first-order chi connectivity index (χ1) is 14.5. The Morgan fingerprint density at radius 3 is 2.43 bits per heavy atom. The van der Waals surface area contributed by atoms with E-state index in [0.29, 0.717) is 28.3 Å². The molecule has 2 N–H and O–H groups in total. The minimum atomic E-state index is -0.650. The van der Waals surface area contributed by atoms with Gasteiger partial charge in [-0.25, -0.2) is 8.78 Å². The SMILES string of the molecule is O=C(Cc1ccc(F)cc1)Nc1cc(NC(=O)c2ccc3c(c2)OCO3)ccc1F. The number of benzene rings is 3. The standard InChI is InChI=1S/C22H16F2N2O4/c23-15-4-1-13(2-5-15)9-21(27)26-18-11-16(6-7-17(18)24)25-22(28)14-3-8-19-20(10-14)30-12-29-19/h1-8,10-11H,9,12H2,(H,25,28)(H,26,27). The number of fused-ring (bicyclic) bond motifs is 1. The van der Waals surface area contributed by atoms with E-state index in [-0.39, 0.29) is 18.9 Å². The molecule has 152 valence electrons. The minimum Gasteiger partial charge on any atom is -0.454 e. The number of ether oxygens (including phenoxy) is 2. The van der Waals surface area contributed by atoms with Gasteiger partial charge in [-0.1, -0.05) is 12.1 Å². The van der Waals surface area contributed by atoms with E-state index in [2.05, 4.69) is 10.6 Å². The molecule has 0 radical (unpaired) electrons. The van der Waals surface area contributed by atoms with Gasteiger partial charge >= 0.3 is 0 Å². The van der Waals surface area contributed by atoms with E-state index in [0.717, 1.165) is 6.07 Å². The molecule has 0 spiro atoms. The molecule has 8 heteroatoms. The van der Waals surface area contributed by atoms with Crippen molar-refractivity contribution >= 4 is 23.2 Å². The largest absolute Gasteiger partial charge is 0.454 e. The van der Waals surface area contributed by atoms with E-state index >= 15 is 0 Å². The second kappa shape index (κ2) is 8.20. The smallest absolute Gasteiger partial charge is 0.255 e. The van der Waals surface area contributed by atoms with Crippen LogP contribution in [0.1, 0.15) is 15.9 Å². The van der Waals surface area contributed by atoms with E-state index in [9.17, 15) is 18.4 Å². The molecule has 0 unspecified atom stereocenters. The maximum atomic E-state index is 14.1. The van der Waals surface area contributed by atoms with Gasteiger partial charge in [0.05, 0.1) is 12.1 Å². The molecule has 2 amide bonds. The van der Waals surface area contributed by atoms with Crippen LogP contribution in [0, 0.1) is 11.6 Å². The lowest BCUT2D eigenvalue weighted by Crippen LogP contribution is -2.16. The summed E-state index contributed by atoms with van der Waals surface area (Å²) in [5, 5.41) is 5.12. The van der Waals surface area contributed by atoms with Gasteiger partial charge in [-0.2, -0.15) is 0 Å². The summed E-state index contributed by atoms with van der Waals surface area (Å²) in [6.07, 6.45) is -0.0481. The fourth-order valence-electron chi connectivity index (χ4n) is 2.92. The van der Waals surface area contributed by atoms with Crippen molar-refractivity contribution in [1.29, 1.82) is 0 Å². The zero-order valence-electron chi connectivity index (χ0n) is 15.6. The van der Waals surface area contributed by atoms with E-state index in [4.69, 9.17) is 9.47 Å². The number of anilines is 2. The summed E-state index contributed by atoms with van der Waals surface area (Å²) in [5.74, 6) is -0.933. The molecule has 0 atom stereocenters. The van der Waals surface area contributed by atoms with Crippen LogP contribution >= 0.6 is 0 Å². The zero-order valence-corrected chi connectivity index (χ0v) is 15.6. The Hall–Kier alpha value is -3.94. The summed E-state index contributed by atoms with van der Waals surface area (Å²) >= 11 is 0. The number of hydrogen-bond acceptors (Lipinski definition) is 4. The molecule has 6 nitrogen and oxygen atoms in total. The molecule has 1 aliphatic heterocycles. The Kier molecular flexibility index (Phi) is 5.30. The quantitative estimate of drug-likeness (QED) is 0.663. The summed E-state index contributed by atoms with van der Waals surface area (Å²) in [6.45, 7) is 0.0966. The highest BCUT2D eigenvalue weighted by Crippen LogP contribution is 2.32. The topological polar surface area (TPSA) is 76.7 Å². The van der Waals surface area contributed by atoms with E-state index in [1.54, 1.807) is 18.2 Å². The number of carbonyl (C=O) groups excluding carboxylic acids is 2. The highest BCUT2D eigenvalue weighted by Gasteiger charge is 2.17. The van der Waals surface area contributed by atoms with Crippen molar-refractivity contribution in [3.05, 3.63) is 83.4 Å². The third-order valence-corrected chi connectivity index (χ3v) is 4.41. The van der Waals surface area contributed by atoms with Gasteiger partial charge < -0.3 is 20.1 Å². The van der Waals surface area contributed by atoms with Gasteiger partial charge in [0.15, 0.2) is 11.5 Å². The first-order valence-electron chi connectivity index (χ1n) is 9.03.